The molecule has 0 saturated heterocycles. The van der Waals surface area contributed by atoms with Gasteiger partial charge < -0.3 is 58.1 Å². The van der Waals surface area contributed by atoms with Gasteiger partial charge in [-0.15, -0.1) is 0 Å². The molecule has 0 aliphatic heterocycles. The Labute approximate surface area is 703 Å². The molecule has 11 heteroatoms. The van der Waals surface area contributed by atoms with Crippen molar-refractivity contribution in [2.45, 2.75) is 566 Å². The summed E-state index contributed by atoms with van der Waals surface area (Å²) in [6, 6.07) is 12.0. The van der Waals surface area contributed by atoms with Crippen LogP contribution in [0.2, 0.25) is 0 Å². The largest absolute Gasteiger partial charge is 0.314 e. The molecule has 7 atom stereocenters. The summed E-state index contributed by atoms with van der Waals surface area (Å²) in [4.78, 5) is 2.48. The third-order valence-corrected chi connectivity index (χ3v) is 28.5. The Morgan fingerprint density at radius 3 is 0.955 bits per heavy atom. The second-order valence-electron chi connectivity index (χ2n) is 46.5. The van der Waals surface area contributed by atoms with Crippen LogP contribution in [0.4, 0.5) is 0 Å². The van der Waals surface area contributed by atoms with Crippen LogP contribution in [0.3, 0.4) is 0 Å². The fourth-order valence-electron chi connectivity index (χ4n) is 22.6. The Morgan fingerprint density at radius 2 is 0.768 bits per heavy atom. The standard InChI is InChI=1S/C14H25N.C13H23N.2C10H19N.C10H23N.2C8H17N.C8H19N.C7H15N.C7H17N.C6H15N/c1-10(2)15-9-14-6-11-3-12(7-14)5-13(4-11)8-14;1-9(2)14-13-6-10-3-11(7-13)5-12(4-10)8-13;2*1-7(2)11-10-6-8-3-4-9(10)5-8;1-8(2)11-10(6,7)9(3,4)5;1-7(2)9(3)8-5-4-6-8;1-7(2)9-8(3)5-4-6-8;1-6-8(4,5)9-7(2)3;1-6(2)8-7-4-3-5-7;1-5-7(4)8-6(2)3;1-5(2)7-6(3)4/h10-13,15H,3-9H2,1-2H3;9-12,14H,3-8H2,1-2H3;2*7-11H,3-6H2,1-2H3;8,11H,1-7H3;7-8H,4-6H2,1-3H3;7,9H,4-6H2,1-3H3;7,9H,6H2,1-5H3;6-8H,3-5H2,1-2H3;6-8H,5H2,1-4H3;5-7H,1-4H3. The number of fused-ring (bicyclic) bond motifs is 4. The molecular formula is C101H209N11. The molecule has 0 aromatic rings. The number of nitrogens with zero attached hydrogens (tertiary/aromatic N) is 1. The zero-order valence-electron chi connectivity index (χ0n) is 82.7. The maximum Gasteiger partial charge on any atom is 0.0191 e. The van der Waals surface area contributed by atoms with Gasteiger partial charge in [-0.1, -0.05) is 213 Å². The summed E-state index contributed by atoms with van der Waals surface area (Å²) in [5, 5.41) is 35.7. The normalized spacial score (nSPS) is 30.3. The lowest BCUT2D eigenvalue weighted by Gasteiger charge is -2.57. The highest BCUT2D eigenvalue weighted by molar-refractivity contribution is 5.07. The molecule has 0 aromatic carbocycles. The van der Waals surface area contributed by atoms with E-state index in [4.69, 9.17) is 0 Å². The zero-order valence-corrected chi connectivity index (χ0v) is 82.7. The van der Waals surface area contributed by atoms with Gasteiger partial charge in [0.1, 0.15) is 0 Å². The quantitative estimate of drug-likeness (QED) is 0.0430. The molecule has 0 spiro atoms. The van der Waals surface area contributed by atoms with Gasteiger partial charge in [0, 0.05) is 131 Å². The van der Waals surface area contributed by atoms with E-state index in [0.29, 0.717) is 94.5 Å². The van der Waals surface area contributed by atoms with Crippen LogP contribution < -0.4 is 53.2 Å². The zero-order chi connectivity index (χ0) is 84.9. The summed E-state index contributed by atoms with van der Waals surface area (Å²) in [5.41, 5.74) is 2.63. The maximum atomic E-state index is 3.89. The predicted molar refractivity (Wildman–Crippen MR) is 501 cm³/mol. The second-order valence-corrected chi connectivity index (χ2v) is 46.5. The fraction of sp³-hybridized carbons (Fsp3) is 1.00. The van der Waals surface area contributed by atoms with Crippen molar-refractivity contribution in [3.8, 4) is 0 Å². The first-order chi connectivity index (χ1) is 51.9. The van der Waals surface area contributed by atoms with Crippen molar-refractivity contribution in [2.75, 3.05) is 13.6 Å². The van der Waals surface area contributed by atoms with Gasteiger partial charge in [-0.05, 0) is 306 Å². The molecule has 668 valence electrons. The van der Waals surface area contributed by atoms with Crippen molar-refractivity contribution in [2.24, 2.45) is 70.0 Å². The van der Waals surface area contributed by atoms with Crippen molar-refractivity contribution in [1.29, 1.82) is 0 Å². The topological polar surface area (TPSA) is 124 Å². The molecule has 0 radical (unpaired) electrons. The highest BCUT2D eigenvalue weighted by Crippen LogP contribution is 2.60. The molecule has 15 fully saturated rings. The Hall–Kier alpha value is -0.440. The third-order valence-electron chi connectivity index (χ3n) is 28.5. The lowest BCUT2D eigenvalue weighted by Crippen LogP contribution is -2.59. The Morgan fingerprint density at radius 1 is 0.375 bits per heavy atom. The molecule has 112 heavy (non-hydrogen) atoms. The number of hydrogen-bond donors (Lipinski definition) is 10. The van der Waals surface area contributed by atoms with Gasteiger partial charge in [0.2, 0.25) is 0 Å². The first kappa shape index (κ1) is 106. The first-order valence-electron chi connectivity index (χ1n) is 49.2. The first-order valence-corrected chi connectivity index (χ1v) is 49.2. The Bertz CT molecular complexity index is 2220. The van der Waals surface area contributed by atoms with Gasteiger partial charge in [0.05, 0.1) is 0 Å². The molecule has 12 bridgehead atoms. The van der Waals surface area contributed by atoms with E-state index < -0.39 is 0 Å². The van der Waals surface area contributed by atoms with Crippen molar-refractivity contribution >= 4 is 0 Å². The Balaban J connectivity index is 0.000000322. The summed E-state index contributed by atoms with van der Waals surface area (Å²) in [6.07, 6.45) is 45.5. The van der Waals surface area contributed by atoms with Crippen molar-refractivity contribution in [3.05, 3.63) is 0 Å². The lowest BCUT2D eigenvalue weighted by atomic mass is 9.49. The number of rotatable bonds is 25. The fourth-order valence-corrected chi connectivity index (χ4v) is 22.6. The monoisotopic (exact) mass is 1580 g/mol. The van der Waals surface area contributed by atoms with E-state index in [2.05, 4.69) is 307 Å². The predicted octanol–water partition coefficient (Wildman–Crippen LogP) is 24.0. The van der Waals surface area contributed by atoms with Crippen molar-refractivity contribution in [1.82, 2.24) is 58.1 Å². The van der Waals surface area contributed by atoms with Gasteiger partial charge in [-0.3, -0.25) is 0 Å². The smallest absolute Gasteiger partial charge is 0.0191 e. The van der Waals surface area contributed by atoms with Crippen LogP contribution in [0.15, 0.2) is 0 Å². The van der Waals surface area contributed by atoms with Crippen molar-refractivity contribution in [3.63, 3.8) is 0 Å². The average molecular weight is 1580 g/mol. The molecule has 0 amide bonds. The van der Waals surface area contributed by atoms with Crippen LogP contribution in [-0.2, 0) is 0 Å². The molecule has 10 N–H and O–H groups in total. The molecular weight excluding hydrogens is 1370 g/mol. The molecule has 15 aliphatic rings. The van der Waals surface area contributed by atoms with E-state index >= 15 is 0 Å². The molecule has 0 aromatic heterocycles. The molecule has 7 unspecified atom stereocenters. The molecule has 11 nitrogen and oxygen atoms in total. The van der Waals surface area contributed by atoms with Crippen LogP contribution in [-0.4, -0.2) is 143 Å². The molecule has 15 rings (SSSR count). The van der Waals surface area contributed by atoms with Crippen LogP contribution in [0.1, 0.15) is 441 Å². The SMILES string of the molecule is CC(C)N(C)C1CCC1.CC(C)NC(C)(C)C(C)(C)C.CC(C)NC(C)C.CC(C)NC1(C)CCC1.CC(C)NC12CC3CC(CC(C3)C1)C2.CC(C)NC1CC2CCC1C2.CC(C)NC1CC2CCC1C2.CC(C)NC1CCC1.CC(C)NCC12CC3CC(CC(C3)C1)C2.CCC(C)(C)NC(C)C.CCC(C)NC(C)C. The highest BCUT2D eigenvalue weighted by Gasteiger charge is 2.52. The van der Waals surface area contributed by atoms with Gasteiger partial charge in [-0.25, -0.2) is 0 Å². The maximum absolute atomic E-state index is 3.89. The summed E-state index contributed by atoms with van der Waals surface area (Å²) in [7, 11) is 2.23. The third kappa shape index (κ3) is 41.9. The van der Waals surface area contributed by atoms with Gasteiger partial charge in [0.25, 0.3) is 0 Å². The highest BCUT2D eigenvalue weighted by atomic mass is 15.2. The van der Waals surface area contributed by atoms with Crippen LogP contribution >= 0.6 is 0 Å². The summed E-state index contributed by atoms with van der Waals surface area (Å²) in [5.74, 6) is 10.8. The molecule has 15 saturated carbocycles. The molecule has 15 aliphatic carbocycles. The van der Waals surface area contributed by atoms with E-state index in [-0.39, 0.29) is 5.54 Å². The van der Waals surface area contributed by atoms with Crippen LogP contribution in [0.5, 0.6) is 0 Å². The molecule has 0 heterocycles. The van der Waals surface area contributed by atoms with Crippen molar-refractivity contribution < 1.29 is 0 Å². The van der Waals surface area contributed by atoms with E-state index in [1.807, 2.05) is 0 Å². The number of nitrogens with one attached hydrogen (secondary N) is 10. The minimum atomic E-state index is 0.209. The van der Waals surface area contributed by atoms with Crippen LogP contribution in [0.25, 0.3) is 0 Å². The minimum Gasteiger partial charge on any atom is -0.314 e. The minimum absolute atomic E-state index is 0.209. The van der Waals surface area contributed by atoms with Crippen LogP contribution in [0, 0.1) is 70.0 Å². The average Bonchev–Trinajstić information content (AvgIpc) is 1.06. The summed E-state index contributed by atoms with van der Waals surface area (Å²) in [6.45, 7) is 79.2. The number of hydrogen-bond acceptors (Lipinski definition) is 11. The van der Waals surface area contributed by atoms with Gasteiger partial charge >= 0.3 is 0 Å². The van der Waals surface area contributed by atoms with E-state index in [1.165, 1.54) is 148 Å². The van der Waals surface area contributed by atoms with Gasteiger partial charge in [-0.2, -0.15) is 0 Å². The second kappa shape index (κ2) is 50.8. The lowest BCUT2D eigenvalue weighted by molar-refractivity contribution is -0.0520. The summed E-state index contributed by atoms with van der Waals surface area (Å²) < 4.78 is 0. The Kier molecular flexibility index (Phi) is 48.0. The van der Waals surface area contributed by atoms with E-state index in [9.17, 15) is 0 Å². The van der Waals surface area contributed by atoms with E-state index in [1.54, 1.807) is 57.8 Å². The van der Waals surface area contributed by atoms with Gasteiger partial charge in [0.15, 0.2) is 0 Å². The summed E-state index contributed by atoms with van der Waals surface area (Å²) >= 11 is 0. The van der Waals surface area contributed by atoms with E-state index in [0.717, 1.165) is 94.8 Å².